The summed E-state index contributed by atoms with van der Waals surface area (Å²) >= 11 is 0. The van der Waals surface area contributed by atoms with E-state index in [1.165, 1.54) is 11.1 Å². The van der Waals surface area contributed by atoms with Crippen LogP contribution >= 0.6 is 0 Å². The van der Waals surface area contributed by atoms with Crippen molar-refractivity contribution in [2.75, 3.05) is 39.9 Å². The lowest BCUT2D eigenvalue weighted by molar-refractivity contribution is -0.0704. The van der Waals surface area contributed by atoms with Gasteiger partial charge in [-0.1, -0.05) is 36.4 Å². The molecule has 0 radical (unpaired) electrons. The molecule has 0 aromatic heterocycles. The summed E-state index contributed by atoms with van der Waals surface area (Å²) in [5.74, 6) is 1.92. The highest BCUT2D eigenvalue weighted by Crippen LogP contribution is 2.26. The van der Waals surface area contributed by atoms with Gasteiger partial charge in [0.2, 0.25) is 0 Å². The monoisotopic (exact) mass is 422 g/mol. The molecule has 2 aromatic carbocycles. The fourth-order valence-corrected chi connectivity index (χ4v) is 4.56. The summed E-state index contributed by atoms with van der Waals surface area (Å²) in [7, 11) is 1.71. The van der Waals surface area contributed by atoms with E-state index in [9.17, 15) is 0 Å². The van der Waals surface area contributed by atoms with E-state index >= 15 is 0 Å². The van der Waals surface area contributed by atoms with Gasteiger partial charge in [-0.15, -0.1) is 0 Å². The van der Waals surface area contributed by atoms with Crippen LogP contribution < -0.4 is 9.47 Å². The fourth-order valence-electron chi connectivity index (χ4n) is 4.56. The minimum Gasteiger partial charge on any atom is -0.496 e. The second kappa shape index (κ2) is 10.3. The SMILES string of the molecule is COc1ccccc1/C=C/CN1CCOc2ccc(CN3C[C@@H](C)O[C@@H](C)C3)cc2C1. The zero-order valence-corrected chi connectivity index (χ0v) is 18.9. The Kier molecular flexibility index (Phi) is 7.28. The number of fused-ring (bicyclic) bond motifs is 1. The summed E-state index contributed by atoms with van der Waals surface area (Å²) in [5.41, 5.74) is 3.72. The van der Waals surface area contributed by atoms with Gasteiger partial charge in [-0.05, 0) is 37.6 Å². The van der Waals surface area contributed by atoms with Crippen molar-refractivity contribution < 1.29 is 14.2 Å². The maximum Gasteiger partial charge on any atom is 0.126 e. The molecule has 2 aliphatic rings. The van der Waals surface area contributed by atoms with E-state index in [0.29, 0.717) is 18.8 Å². The zero-order valence-electron chi connectivity index (χ0n) is 18.9. The van der Waals surface area contributed by atoms with Gasteiger partial charge in [0.05, 0.1) is 19.3 Å². The highest BCUT2D eigenvalue weighted by Gasteiger charge is 2.23. The Balaban J connectivity index is 1.40. The first-order chi connectivity index (χ1) is 15.1. The summed E-state index contributed by atoms with van der Waals surface area (Å²) in [6.45, 7) is 10.6. The van der Waals surface area contributed by atoms with Gasteiger partial charge in [-0.25, -0.2) is 0 Å². The van der Waals surface area contributed by atoms with Gasteiger partial charge in [0.15, 0.2) is 0 Å². The smallest absolute Gasteiger partial charge is 0.126 e. The van der Waals surface area contributed by atoms with E-state index in [1.54, 1.807) is 7.11 Å². The van der Waals surface area contributed by atoms with Gasteiger partial charge in [0.25, 0.3) is 0 Å². The summed E-state index contributed by atoms with van der Waals surface area (Å²) < 4.78 is 17.4. The fraction of sp³-hybridized carbons (Fsp3) is 0.462. The number of para-hydroxylation sites is 1. The van der Waals surface area contributed by atoms with E-state index < -0.39 is 0 Å². The molecule has 4 rings (SSSR count). The minimum absolute atomic E-state index is 0.290. The molecule has 166 valence electrons. The van der Waals surface area contributed by atoms with Crippen LogP contribution in [0.1, 0.15) is 30.5 Å². The molecule has 2 atom stereocenters. The molecule has 1 fully saturated rings. The van der Waals surface area contributed by atoms with Crippen LogP contribution in [-0.4, -0.2) is 61.9 Å². The van der Waals surface area contributed by atoms with Gasteiger partial charge < -0.3 is 14.2 Å². The summed E-state index contributed by atoms with van der Waals surface area (Å²) in [6, 6.07) is 14.8. The number of ether oxygens (including phenoxy) is 3. The number of morpholine rings is 1. The van der Waals surface area contributed by atoms with Crippen molar-refractivity contribution in [1.82, 2.24) is 9.80 Å². The highest BCUT2D eigenvalue weighted by molar-refractivity contribution is 5.57. The molecule has 0 spiro atoms. The number of hydrogen-bond acceptors (Lipinski definition) is 5. The Bertz CT molecular complexity index is 888. The molecule has 5 nitrogen and oxygen atoms in total. The normalized spacial score (nSPS) is 22.7. The van der Waals surface area contributed by atoms with Crippen molar-refractivity contribution in [2.45, 2.75) is 39.1 Å². The molecule has 31 heavy (non-hydrogen) atoms. The first-order valence-corrected chi connectivity index (χ1v) is 11.2. The summed E-state index contributed by atoms with van der Waals surface area (Å²) in [5, 5.41) is 0. The lowest BCUT2D eigenvalue weighted by Gasteiger charge is -2.35. The van der Waals surface area contributed by atoms with Crippen molar-refractivity contribution in [3.8, 4) is 11.5 Å². The third kappa shape index (κ3) is 5.88. The second-order valence-corrected chi connectivity index (χ2v) is 8.62. The molecule has 2 heterocycles. The second-order valence-electron chi connectivity index (χ2n) is 8.62. The van der Waals surface area contributed by atoms with Gasteiger partial charge in [-0.3, -0.25) is 9.80 Å². The topological polar surface area (TPSA) is 34.2 Å². The van der Waals surface area contributed by atoms with Gasteiger partial charge in [0, 0.05) is 50.4 Å². The molecule has 1 saturated heterocycles. The van der Waals surface area contributed by atoms with Gasteiger partial charge in [0.1, 0.15) is 18.1 Å². The number of hydrogen-bond donors (Lipinski definition) is 0. The van der Waals surface area contributed by atoms with Crippen LogP contribution in [0.2, 0.25) is 0 Å². The number of methoxy groups -OCH3 is 1. The van der Waals surface area contributed by atoms with Crippen LogP contribution in [0.25, 0.3) is 6.08 Å². The first-order valence-electron chi connectivity index (χ1n) is 11.2. The Hall–Kier alpha value is -2.34. The molecular weight excluding hydrogens is 388 g/mol. The third-order valence-corrected chi connectivity index (χ3v) is 5.89. The van der Waals surface area contributed by atoms with E-state index in [1.807, 2.05) is 18.2 Å². The van der Waals surface area contributed by atoms with Crippen LogP contribution in [0.15, 0.2) is 48.5 Å². The molecule has 0 bridgehead atoms. The molecule has 2 aromatic rings. The van der Waals surface area contributed by atoms with Gasteiger partial charge >= 0.3 is 0 Å². The molecule has 0 saturated carbocycles. The Morgan fingerprint density at radius 3 is 2.68 bits per heavy atom. The largest absolute Gasteiger partial charge is 0.496 e. The lowest BCUT2D eigenvalue weighted by atomic mass is 10.1. The summed E-state index contributed by atoms with van der Waals surface area (Å²) in [6.07, 6.45) is 4.93. The average Bonchev–Trinajstić information content (AvgIpc) is 2.95. The minimum atomic E-state index is 0.290. The van der Waals surface area contributed by atoms with E-state index in [2.05, 4.69) is 60.1 Å². The van der Waals surface area contributed by atoms with Crippen molar-refractivity contribution in [1.29, 1.82) is 0 Å². The molecule has 0 aliphatic carbocycles. The molecule has 2 aliphatic heterocycles. The van der Waals surface area contributed by atoms with E-state index in [-0.39, 0.29) is 0 Å². The highest BCUT2D eigenvalue weighted by atomic mass is 16.5. The van der Waals surface area contributed by atoms with Crippen LogP contribution in [0, 0.1) is 0 Å². The quantitative estimate of drug-likeness (QED) is 0.697. The standard InChI is InChI=1S/C26H34N2O3/c1-20-16-28(17-21(2)31-20)18-22-10-11-26-24(15-22)19-27(13-14-30-26)12-6-8-23-7-4-5-9-25(23)29-3/h4-11,15,20-21H,12-14,16-19H2,1-3H3/b8-6+/t20-,21+. The Labute approximate surface area is 186 Å². The molecule has 0 unspecified atom stereocenters. The average molecular weight is 423 g/mol. The maximum absolute atomic E-state index is 6.04. The predicted octanol–water partition coefficient (Wildman–Crippen LogP) is 4.21. The summed E-state index contributed by atoms with van der Waals surface area (Å²) in [4.78, 5) is 4.92. The molecule has 5 heteroatoms. The van der Waals surface area contributed by atoms with Crippen LogP contribution in [0.4, 0.5) is 0 Å². The maximum atomic E-state index is 6.04. The first kappa shape index (κ1) is 21.9. The molecule has 0 amide bonds. The predicted molar refractivity (Wildman–Crippen MR) is 125 cm³/mol. The van der Waals surface area contributed by atoms with Crippen LogP contribution in [-0.2, 0) is 17.8 Å². The number of nitrogens with zero attached hydrogens (tertiary/aromatic N) is 2. The van der Waals surface area contributed by atoms with Crippen molar-refractivity contribution in [3.63, 3.8) is 0 Å². The molecule has 0 N–H and O–H groups in total. The van der Waals surface area contributed by atoms with Crippen LogP contribution in [0.3, 0.4) is 0 Å². The van der Waals surface area contributed by atoms with E-state index in [4.69, 9.17) is 14.2 Å². The van der Waals surface area contributed by atoms with Crippen molar-refractivity contribution in [3.05, 3.63) is 65.2 Å². The Morgan fingerprint density at radius 2 is 1.87 bits per heavy atom. The Morgan fingerprint density at radius 1 is 1.06 bits per heavy atom. The zero-order chi connectivity index (χ0) is 21.6. The van der Waals surface area contributed by atoms with Crippen LogP contribution in [0.5, 0.6) is 11.5 Å². The van der Waals surface area contributed by atoms with E-state index in [0.717, 1.165) is 56.3 Å². The molecular formula is C26H34N2O3. The third-order valence-electron chi connectivity index (χ3n) is 5.89. The van der Waals surface area contributed by atoms with Crippen molar-refractivity contribution >= 4 is 6.08 Å². The number of rotatable bonds is 6. The van der Waals surface area contributed by atoms with Crippen molar-refractivity contribution in [2.24, 2.45) is 0 Å². The lowest BCUT2D eigenvalue weighted by Crippen LogP contribution is -2.44. The number of benzene rings is 2. The van der Waals surface area contributed by atoms with Gasteiger partial charge in [-0.2, -0.15) is 0 Å².